The van der Waals surface area contributed by atoms with Crippen LogP contribution in [0.4, 0.5) is 4.39 Å². The first kappa shape index (κ1) is 18.3. The summed E-state index contributed by atoms with van der Waals surface area (Å²) in [5, 5.41) is 6.88. The minimum atomic E-state index is -0.557. The minimum Gasteiger partial charge on any atom is -0.484 e. The average Bonchev–Trinajstić information content (AvgIpc) is 3.09. The first-order valence-electron chi connectivity index (χ1n) is 9.88. The summed E-state index contributed by atoms with van der Waals surface area (Å²) in [6, 6.07) is 4.67. The molecule has 0 radical (unpaired) electrons. The maximum Gasteiger partial charge on any atom is 0.258 e. The molecule has 0 aromatic heterocycles. The van der Waals surface area contributed by atoms with E-state index in [4.69, 9.17) is 21.3 Å². The molecular formula is C20H24ClFN4O2. The lowest BCUT2D eigenvalue weighted by atomic mass is 9.44. The number of carbonyl (C=O) groups excluding carboxylic acids is 1. The van der Waals surface area contributed by atoms with E-state index in [1.165, 1.54) is 31.5 Å². The van der Waals surface area contributed by atoms with Crippen LogP contribution in [0.25, 0.3) is 0 Å². The van der Waals surface area contributed by atoms with E-state index in [1.807, 2.05) is 6.21 Å². The molecule has 6 nitrogen and oxygen atoms in total. The quantitative estimate of drug-likeness (QED) is 0.759. The lowest BCUT2D eigenvalue weighted by molar-refractivity contribution is -0.145. The number of nitrogens with one attached hydrogen (secondary N) is 2. The molecule has 1 aromatic rings. The molecular weight excluding hydrogens is 383 g/mol. The van der Waals surface area contributed by atoms with Gasteiger partial charge in [-0.3, -0.25) is 20.0 Å². The summed E-state index contributed by atoms with van der Waals surface area (Å²) >= 11 is 5.65. The molecule has 2 aliphatic heterocycles. The van der Waals surface area contributed by atoms with Crippen molar-refractivity contribution < 1.29 is 13.9 Å². The number of ether oxygens (including phenoxy) is 1. The van der Waals surface area contributed by atoms with Crippen molar-refractivity contribution >= 4 is 23.7 Å². The van der Waals surface area contributed by atoms with Crippen LogP contribution >= 0.6 is 11.6 Å². The van der Waals surface area contributed by atoms with Crippen LogP contribution in [0, 0.1) is 5.82 Å². The zero-order valence-corrected chi connectivity index (χ0v) is 16.3. The van der Waals surface area contributed by atoms with E-state index >= 15 is 0 Å². The van der Waals surface area contributed by atoms with Crippen molar-refractivity contribution in [3.8, 4) is 5.75 Å². The molecule has 2 unspecified atom stereocenters. The Hall–Kier alpha value is -1.70. The van der Waals surface area contributed by atoms with Crippen LogP contribution in [-0.2, 0) is 4.79 Å². The van der Waals surface area contributed by atoms with Crippen LogP contribution in [0.2, 0.25) is 5.02 Å². The van der Waals surface area contributed by atoms with E-state index in [1.54, 1.807) is 6.07 Å². The van der Waals surface area contributed by atoms with Crippen molar-refractivity contribution in [1.29, 1.82) is 0 Å². The monoisotopic (exact) mass is 406 g/mol. The number of carbonyl (C=O) groups is 1. The van der Waals surface area contributed by atoms with Gasteiger partial charge in [-0.1, -0.05) is 11.6 Å². The smallest absolute Gasteiger partial charge is 0.258 e. The molecule has 4 fully saturated rings. The number of hydrogen-bond acceptors (Lipinski definition) is 5. The molecule has 1 saturated heterocycles. The van der Waals surface area contributed by atoms with Crippen molar-refractivity contribution in [1.82, 2.24) is 15.5 Å². The lowest BCUT2D eigenvalue weighted by Gasteiger charge is -2.71. The van der Waals surface area contributed by atoms with E-state index in [2.05, 4.69) is 15.5 Å². The Morgan fingerprint density at radius 3 is 2.96 bits per heavy atom. The van der Waals surface area contributed by atoms with Crippen LogP contribution in [0.5, 0.6) is 5.75 Å². The molecule has 28 heavy (non-hydrogen) atoms. The van der Waals surface area contributed by atoms with Gasteiger partial charge in [0.15, 0.2) is 6.61 Å². The van der Waals surface area contributed by atoms with E-state index in [9.17, 15) is 9.18 Å². The highest BCUT2D eigenvalue weighted by Gasteiger charge is 2.69. The first-order valence-corrected chi connectivity index (χ1v) is 10.3. The number of fused-ring (bicyclic) bond motifs is 1. The number of benzene rings is 1. The van der Waals surface area contributed by atoms with Crippen molar-refractivity contribution in [3.05, 3.63) is 29.0 Å². The van der Waals surface area contributed by atoms with E-state index < -0.39 is 5.82 Å². The fraction of sp³-hybridized carbons (Fsp3) is 0.600. The Morgan fingerprint density at radius 1 is 1.36 bits per heavy atom. The van der Waals surface area contributed by atoms with Crippen molar-refractivity contribution in [3.63, 3.8) is 0 Å². The lowest BCUT2D eigenvalue weighted by Crippen LogP contribution is -2.84. The van der Waals surface area contributed by atoms with Crippen LogP contribution in [-0.4, -0.2) is 60.0 Å². The Kier molecular flexibility index (Phi) is 4.37. The normalized spacial score (nSPS) is 35.6. The molecule has 2 heterocycles. The summed E-state index contributed by atoms with van der Waals surface area (Å²) in [6.07, 6.45) is 7.44. The SMILES string of the molecule is O=C(COc1ccc(Cl)c(F)c1)NC12CC(NC3N=CCN4CCCC34)(C1)C2. The van der Waals surface area contributed by atoms with Gasteiger partial charge in [0.1, 0.15) is 17.7 Å². The molecule has 1 aromatic carbocycles. The van der Waals surface area contributed by atoms with Gasteiger partial charge in [-0.25, -0.2) is 4.39 Å². The minimum absolute atomic E-state index is 0.0338. The number of halogens is 2. The third-order valence-electron chi connectivity index (χ3n) is 6.51. The molecule has 2 N–H and O–H groups in total. The van der Waals surface area contributed by atoms with Crippen LogP contribution < -0.4 is 15.4 Å². The summed E-state index contributed by atoms with van der Waals surface area (Å²) < 4.78 is 18.8. The third-order valence-corrected chi connectivity index (χ3v) is 6.82. The Morgan fingerprint density at radius 2 is 2.18 bits per heavy atom. The summed E-state index contributed by atoms with van der Waals surface area (Å²) in [7, 11) is 0. The molecule has 5 aliphatic rings. The number of amides is 1. The summed E-state index contributed by atoms with van der Waals surface area (Å²) in [6.45, 7) is 2.00. The Bertz CT molecular complexity index is 813. The highest BCUT2D eigenvalue weighted by atomic mass is 35.5. The van der Waals surface area contributed by atoms with Gasteiger partial charge in [0, 0.05) is 35.9 Å². The fourth-order valence-corrected chi connectivity index (χ4v) is 5.49. The third kappa shape index (κ3) is 3.19. The van der Waals surface area contributed by atoms with Gasteiger partial charge < -0.3 is 10.1 Å². The number of nitrogens with zero attached hydrogens (tertiary/aromatic N) is 2. The van der Waals surface area contributed by atoms with Gasteiger partial charge in [-0.05, 0) is 50.8 Å². The van der Waals surface area contributed by atoms with E-state index in [-0.39, 0.29) is 34.8 Å². The summed E-state index contributed by atoms with van der Waals surface area (Å²) in [5.74, 6) is -0.441. The number of hydrogen-bond donors (Lipinski definition) is 2. The molecule has 8 heteroatoms. The molecule has 3 aliphatic carbocycles. The Balaban J connectivity index is 1.09. The predicted octanol–water partition coefficient (Wildman–Crippen LogP) is 2.11. The van der Waals surface area contributed by atoms with Crippen LogP contribution in [0.3, 0.4) is 0 Å². The second-order valence-electron chi connectivity index (χ2n) is 8.63. The molecule has 2 atom stereocenters. The van der Waals surface area contributed by atoms with Crippen molar-refractivity contribution in [2.45, 2.75) is 55.4 Å². The topological polar surface area (TPSA) is 66.0 Å². The molecule has 3 saturated carbocycles. The van der Waals surface area contributed by atoms with Gasteiger partial charge in [0.2, 0.25) is 0 Å². The number of rotatable bonds is 6. The van der Waals surface area contributed by atoms with Crippen molar-refractivity contribution in [2.24, 2.45) is 4.99 Å². The molecule has 0 spiro atoms. The molecule has 6 rings (SSSR count). The van der Waals surface area contributed by atoms with Gasteiger partial charge in [-0.15, -0.1) is 0 Å². The van der Waals surface area contributed by atoms with Gasteiger partial charge in [-0.2, -0.15) is 0 Å². The second kappa shape index (κ2) is 6.68. The van der Waals surface area contributed by atoms with Gasteiger partial charge in [0.25, 0.3) is 5.91 Å². The van der Waals surface area contributed by atoms with Crippen LogP contribution in [0.1, 0.15) is 32.1 Å². The largest absolute Gasteiger partial charge is 0.484 e. The summed E-state index contributed by atoms with van der Waals surface area (Å²) in [4.78, 5) is 19.4. The molecule has 2 bridgehead atoms. The highest BCUT2D eigenvalue weighted by molar-refractivity contribution is 6.30. The Labute approximate surface area is 168 Å². The average molecular weight is 407 g/mol. The molecule has 1 amide bonds. The zero-order chi connectivity index (χ0) is 19.4. The maximum absolute atomic E-state index is 13.4. The summed E-state index contributed by atoms with van der Waals surface area (Å²) in [5.41, 5.74) is -0.00646. The standard InChI is InChI=1S/C20H24ClFN4O2/c21-14-4-3-13(8-15(14)22)28-9-17(27)24-19-10-20(11-19,12-19)25-18-16-2-1-6-26(16)7-5-23-18/h3-5,8,16,18,25H,1-2,6-7,9-12H2,(H,24,27). The second-order valence-corrected chi connectivity index (χ2v) is 9.04. The molecule has 150 valence electrons. The zero-order valence-electron chi connectivity index (χ0n) is 15.6. The van der Waals surface area contributed by atoms with Gasteiger partial charge >= 0.3 is 0 Å². The van der Waals surface area contributed by atoms with E-state index in [0.717, 1.165) is 25.8 Å². The fourth-order valence-electron chi connectivity index (χ4n) is 5.37. The first-order chi connectivity index (χ1) is 13.5. The maximum atomic E-state index is 13.4. The van der Waals surface area contributed by atoms with E-state index in [0.29, 0.717) is 11.8 Å². The highest BCUT2D eigenvalue weighted by Crippen LogP contribution is 2.60. The number of aliphatic imine (C=N–C) groups is 1. The van der Waals surface area contributed by atoms with Crippen LogP contribution in [0.15, 0.2) is 23.2 Å². The predicted molar refractivity (Wildman–Crippen MR) is 104 cm³/mol. The van der Waals surface area contributed by atoms with Crippen molar-refractivity contribution in [2.75, 3.05) is 19.7 Å². The van der Waals surface area contributed by atoms with Gasteiger partial charge in [0.05, 0.1) is 5.02 Å².